The molecule has 2 aliphatic rings. The van der Waals surface area contributed by atoms with Crippen LogP contribution < -0.4 is 9.46 Å². The summed E-state index contributed by atoms with van der Waals surface area (Å²) in [5.41, 5.74) is 2.89. The average molecular weight is 447 g/mol. The number of hydrogen-bond acceptors (Lipinski definition) is 5. The lowest BCUT2D eigenvalue weighted by Gasteiger charge is -2.29. The lowest BCUT2D eigenvalue weighted by molar-refractivity contribution is 0.0110. The number of unbranched alkanes of at least 4 members (excludes halogenated alkanes) is 1. The van der Waals surface area contributed by atoms with Crippen molar-refractivity contribution in [3.63, 3.8) is 0 Å². The smallest absolute Gasteiger partial charge is 0.214 e. The Labute approximate surface area is 185 Å². The average Bonchev–Trinajstić information content (AvgIpc) is 3.61. The van der Waals surface area contributed by atoms with Crippen LogP contribution in [0.3, 0.4) is 0 Å². The molecule has 170 valence electrons. The maximum atomic E-state index is 12.2. The first-order valence-electron chi connectivity index (χ1n) is 11.6. The minimum Gasteiger partial charge on any atom is -0.493 e. The van der Waals surface area contributed by atoms with E-state index in [1.807, 2.05) is 18.2 Å². The number of nitrogens with one attached hydrogen (secondary N) is 1. The van der Waals surface area contributed by atoms with Crippen LogP contribution in [0.25, 0.3) is 10.9 Å². The second-order valence-electron chi connectivity index (χ2n) is 8.88. The minimum atomic E-state index is -3.12. The lowest BCUT2D eigenvalue weighted by atomic mass is 9.94. The molecule has 1 aromatic carbocycles. The Morgan fingerprint density at radius 1 is 1.10 bits per heavy atom. The summed E-state index contributed by atoms with van der Waals surface area (Å²) in [5, 5.41) is 0.889. The van der Waals surface area contributed by atoms with Crippen LogP contribution in [0, 0.1) is 6.92 Å². The van der Waals surface area contributed by atoms with Gasteiger partial charge in [0.05, 0.1) is 35.8 Å². The summed E-state index contributed by atoms with van der Waals surface area (Å²) in [4.78, 5) is 4.84. The summed E-state index contributed by atoms with van der Waals surface area (Å²) in [6, 6.07) is 8.13. The van der Waals surface area contributed by atoms with Crippen LogP contribution in [-0.2, 0) is 21.4 Å². The predicted molar refractivity (Wildman–Crippen MR) is 123 cm³/mol. The van der Waals surface area contributed by atoms with Crippen molar-refractivity contribution in [3.8, 4) is 5.75 Å². The molecule has 1 aromatic heterocycles. The van der Waals surface area contributed by atoms with Gasteiger partial charge in [-0.2, -0.15) is 0 Å². The molecule has 4 rings (SSSR count). The number of rotatable bonds is 10. The Morgan fingerprint density at radius 3 is 2.55 bits per heavy atom. The van der Waals surface area contributed by atoms with Gasteiger partial charge in [-0.3, -0.25) is 0 Å². The monoisotopic (exact) mass is 446 g/mol. The molecule has 2 saturated carbocycles. The molecule has 2 fully saturated rings. The highest BCUT2D eigenvalue weighted by Crippen LogP contribution is 2.32. The van der Waals surface area contributed by atoms with Gasteiger partial charge in [0.1, 0.15) is 5.75 Å². The zero-order valence-corrected chi connectivity index (χ0v) is 19.4. The second kappa shape index (κ2) is 9.84. The van der Waals surface area contributed by atoms with E-state index in [1.54, 1.807) is 0 Å². The molecule has 6 nitrogen and oxygen atoms in total. The number of para-hydroxylation sites is 1. The van der Waals surface area contributed by atoms with Crippen molar-refractivity contribution in [2.75, 3.05) is 6.61 Å². The van der Waals surface area contributed by atoms with Crippen LogP contribution in [0.5, 0.6) is 5.75 Å². The van der Waals surface area contributed by atoms with E-state index in [1.165, 1.54) is 0 Å². The van der Waals surface area contributed by atoms with Crippen molar-refractivity contribution in [3.05, 3.63) is 35.5 Å². The van der Waals surface area contributed by atoms with Gasteiger partial charge in [0.25, 0.3) is 0 Å². The second-order valence-corrected chi connectivity index (χ2v) is 10.9. The quantitative estimate of drug-likeness (QED) is 0.538. The molecule has 0 atom stereocenters. The van der Waals surface area contributed by atoms with E-state index >= 15 is 0 Å². The minimum absolute atomic E-state index is 0.0459. The first-order chi connectivity index (χ1) is 15.0. The van der Waals surface area contributed by atoms with Gasteiger partial charge in [-0.25, -0.2) is 18.1 Å². The first kappa shape index (κ1) is 22.5. The first-order valence-corrected chi connectivity index (χ1v) is 13.2. The van der Waals surface area contributed by atoms with Crippen LogP contribution in [0.4, 0.5) is 0 Å². The van der Waals surface area contributed by atoms with E-state index in [-0.39, 0.29) is 17.4 Å². The summed E-state index contributed by atoms with van der Waals surface area (Å²) in [6.45, 7) is 5.37. The summed E-state index contributed by atoms with van der Waals surface area (Å²) >= 11 is 0. The van der Waals surface area contributed by atoms with E-state index in [2.05, 4.69) is 24.6 Å². The summed E-state index contributed by atoms with van der Waals surface area (Å²) in [5.74, 6) is 0.913. The van der Waals surface area contributed by atoms with Crippen LogP contribution >= 0.6 is 0 Å². The van der Waals surface area contributed by atoms with E-state index in [9.17, 15) is 8.42 Å². The predicted octanol–water partition coefficient (Wildman–Crippen LogP) is 4.63. The molecule has 1 N–H and O–H groups in total. The lowest BCUT2D eigenvalue weighted by Crippen LogP contribution is -2.40. The van der Waals surface area contributed by atoms with Crippen LogP contribution in [0.2, 0.25) is 0 Å². The standard InChI is InChI=1S/C24H34N2O4S/c1-3-4-15-29-24-17(2)23(25-22-8-6-5-7-21(22)24)16-30-19-11-9-18(10-12-19)26-31(27,28)20-13-14-20/h5-8,18-20,26H,3-4,9-16H2,1-2H3/t18-,19-. The number of pyridine rings is 1. The van der Waals surface area contributed by atoms with E-state index in [4.69, 9.17) is 14.5 Å². The third-order valence-corrected chi connectivity index (χ3v) is 8.36. The van der Waals surface area contributed by atoms with Crippen molar-refractivity contribution in [2.45, 2.75) is 89.2 Å². The Balaban J connectivity index is 1.37. The van der Waals surface area contributed by atoms with Gasteiger partial charge in [0, 0.05) is 17.0 Å². The zero-order valence-electron chi connectivity index (χ0n) is 18.6. The molecule has 0 unspecified atom stereocenters. The molecule has 2 aromatic rings. The van der Waals surface area contributed by atoms with Crippen molar-refractivity contribution >= 4 is 20.9 Å². The van der Waals surface area contributed by atoms with E-state index < -0.39 is 10.0 Å². The Morgan fingerprint density at radius 2 is 1.84 bits per heavy atom. The fourth-order valence-corrected chi connectivity index (χ4v) is 5.87. The van der Waals surface area contributed by atoms with Gasteiger partial charge in [-0.1, -0.05) is 25.5 Å². The van der Waals surface area contributed by atoms with Gasteiger partial charge in [0.2, 0.25) is 10.0 Å². The number of aromatic nitrogens is 1. The summed E-state index contributed by atoms with van der Waals surface area (Å²) < 4.78 is 39.6. The Hall–Kier alpha value is -1.70. The maximum absolute atomic E-state index is 12.2. The molecule has 7 heteroatoms. The highest BCUT2D eigenvalue weighted by atomic mass is 32.2. The largest absolute Gasteiger partial charge is 0.493 e. The highest BCUT2D eigenvalue weighted by molar-refractivity contribution is 7.90. The SMILES string of the molecule is CCCCOc1c(C)c(CO[C@H]2CC[C@H](NS(=O)(=O)C3CC3)CC2)nc2ccccc12. The molecular weight excluding hydrogens is 412 g/mol. The normalized spacial score (nSPS) is 22.0. The summed E-state index contributed by atoms with van der Waals surface area (Å²) in [7, 11) is -3.12. The van der Waals surface area contributed by atoms with Gasteiger partial charge < -0.3 is 9.47 Å². The fraction of sp³-hybridized carbons (Fsp3) is 0.625. The van der Waals surface area contributed by atoms with Gasteiger partial charge in [-0.05, 0) is 64.0 Å². The molecule has 1 heterocycles. The molecule has 0 radical (unpaired) electrons. The van der Waals surface area contributed by atoms with Crippen LogP contribution in [-0.4, -0.2) is 37.4 Å². The van der Waals surface area contributed by atoms with Crippen molar-refractivity contribution in [1.29, 1.82) is 0 Å². The van der Waals surface area contributed by atoms with Gasteiger partial charge in [-0.15, -0.1) is 0 Å². The molecule has 0 spiro atoms. The molecule has 0 saturated heterocycles. The van der Waals surface area contributed by atoms with Gasteiger partial charge in [0.15, 0.2) is 0 Å². The zero-order chi connectivity index (χ0) is 21.8. The van der Waals surface area contributed by atoms with Crippen LogP contribution in [0.15, 0.2) is 24.3 Å². The molecule has 0 bridgehead atoms. The van der Waals surface area contributed by atoms with Crippen LogP contribution in [0.1, 0.15) is 69.5 Å². The number of fused-ring (bicyclic) bond motifs is 1. The molecule has 2 aliphatic carbocycles. The molecule has 0 aliphatic heterocycles. The number of sulfonamides is 1. The van der Waals surface area contributed by atoms with E-state index in [0.717, 1.165) is 79.3 Å². The molecule has 0 amide bonds. The van der Waals surface area contributed by atoms with Gasteiger partial charge >= 0.3 is 0 Å². The highest BCUT2D eigenvalue weighted by Gasteiger charge is 2.37. The number of benzene rings is 1. The summed E-state index contributed by atoms with van der Waals surface area (Å²) in [6.07, 6.45) is 7.24. The third kappa shape index (κ3) is 5.57. The number of hydrogen-bond donors (Lipinski definition) is 1. The fourth-order valence-electron chi connectivity index (χ4n) is 4.22. The van der Waals surface area contributed by atoms with Crippen molar-refractivity contribution in [2.24, 2.45) is 0 Å². The molecule has 31 heavy (non-hydrogen) atoms. The number of ether oxygens (including phenoxy) is 2. The maximum Gasteiger partial charge on any atom is 0.214 e. The Bertz CT molecular complexity index is 996. The molecular formula is C24H34N2O4S. The third-order valence-electron chi connectivity index (χ3n) is 6.35. The van der Waals surface area contributed by atoms with E-state index in [0.29, 0.717) is 13.2 Å². The Kier molecular flexibility index (Phi) is 7.14. The number of nitrogens with zero attached hydrogens (tertiary/aromatic N) is 1. The van der Waals surface area contributed by atoms with Crippen molar-refractivity contribution in [1.82, 2.24) is 9.71 Å². The topological polar surface area (TPSA) is 77.5 Å². The van der Waals surface area contributed by atoms with Crippen molar-refractivity contribution < 1.29 is 17.9 Å².